The Bertz CT molecular complexity index is 890. The molecule has 0 atom stereocenters. The molecule has 1 aromatic carbocycles. The van der Waals surface area contributed by atoms with Crippen LogP contribution in [-0.4, -0.2) is 62.8 Å². The first-order chi connectivity index (χ1) is 14.5. The van der Waals surface area contributed by atoms with Crippen LogP contribution in [0.3, 0.4) is 0 Å². The van der Waals surface area contributed by atoms with Crippen LogP contribution in [0, 0.1) is 0 Å². The Kier molecular flexibility index (Phi) is 6.48. The Morgan fingerprint density at radius 3 is 2.07 bits per heavy atom. The summed E-state index contributed by atoms with van der Waals surface area (Å²) < 4.78 is 28.8. The summed E-state index contributed by atoms with van der Waals surface area (Å²) in [5.74, 6) is -0.0808. The molecule has 0 saturated carbocycles. The molecule has 3 fully saturated rings. The highest BCUT2D eigenvalue weighted by Crippen LogP contribution is 2.33. The minimum absolute atomic E-state index is 0.0808. The molecule has 3 aliphatic heterocycles. The highest BCUT2D eigenvalue weighted by Gasteiger charge is 2.31. The molecule has 30 heavy (non-hydrogen) atoms. The summed E-state index contributed by atoms with van der Waals surface area (Å²) in [4.78, 5) is 17.4. The quantitative estimate of drug-likeness (QED) is 0.683. The number of nitrogens with zero attached hydrogens (tertiary/aromatic N) is 3. The number of carbonyl (C=O) groups excluding carboxylic acids is 1. The Labute approximate surface area is 180 Å². The summed E-state index contributed by atoms with van der Waals surface area (Å²) in [6.07, 6.45) is 7.82. The van der Waals surface area contributed by atoms with Crippen molar-refractivity contribution in [3.63, 3.8) is 0 Å². The average molecular weight is 432 g/mol. The predicted molar refractivity (Wildman–Crippen MR) is 119 cm³/mol. The monoisotopic (exact) mass is 431 g/mol. The van der Waals surface area contributed by atoms with Gasteiger partial charge < -0.3 is 9.80 Å². The van der Waals surface area contributed by atoms with E-state index >= 15 is 0 Å². The first-order valence-electron chi connectivity index (χ1n) is 11.3. The first-order valence-corrected chi connectivity index (χ1v) is 12.8. The zero-order chi connectivity index (χ0) is 21.1. The van der Waals surface area contributed by atoms with E-state index in [1.54, 1.807) is 10.4 Å². The molecular weight excluding hydrogens is 398 g/mol. The van der Waals surface area contributed by atoms with Gasteiger partial charge in [0.1, 0.15) is 4.90 Å². The molecule has 3 saturated heterocycles. The van der Waals surface area contributed by atoms with Crippen molar-refractivity contribution in [1.29, 1.82) is 0 Å². The van der Waals surface area contributed by atoms with Gasteiger partial charge in [0, 0.05) is 44.8 Å². The maximum absolute atomic E-state index is 13.6. The van der Waals surface area contributed by atoms with Gasteiger partial charge in [-0.1, -0.05) is 18.6 Å². The van der Waals surface area contributed by atoms with Gasteiger partial charge in [-0.05, 0) is 63.1 Å². The van der Waals surface area contributed by atoms with Crippen LogP contribution in [0.1, 0.15) is 61.7 Å². The number of sulfonamides is 1. The predicted octanol–water partition coefficient (Wildman–Crippen LogP) is 3.64. The summed E-state index contributed by atoms with van der Waals surface area (Å²) in [6, 6.07) is 5.31. The van der Waals surface area contributed by atoms with Crippen molar-refractivity contribution in [1.82, 2.24) is 9.21 Å². The molecule has 1 aromatic rings. The van der Waals surface area contributed by atoms with Crippen molar-refractivity contribution in [2.75, 3.05) is 44.2 Å². The zero-order valence-corrected chi connectivity index (χ0v) is 18.6. The van der Waals surface area contributed by atoms with Crippen molar-refractivity contribution in [3.05, 3.63) is 35.9 Å². The number of hydrogen-bond acceptors (Lipinski definition) is 4. The molecule has 0 aromatic heterocycles. The summed E-state index contributed by atoms with van der Waals surface area (Å²) in [7, 11) is -3.63. The second-order valence-corrected chi connectivity index (χ2v) is 10.6. The van der Waals surface area contributed by atoms with Crippen LogP contribution in [0.2, 0.25) is 0 Å². The highest BCUT2D eigenvalue weighted by molar-refractivity contribution is 7.89. The van der Waals surface area contributed by atoms with Crippen LogP contribution >= 0.6 is 0 Å². The normalized spacial score (nSPS) is 21.7. The van der Waals surface area contributed by atoms with Crippen LogP contribution in [0.4, 0.5) is 5.69 Å². The zero-order valence-electron chi connectivity index (χ0n) is 17.8. The first kappa shape index (κ1) is 21.4. The minimum Gasteiger partial charge on any atom is -0.370 e. The van der Waals surface area contributed by atoms with Crippen LogP contribution < -0.4 is 4.90 Å². The van der Waals surface area contributed by atoms with Gasteiger partial charge in [0.05, 0.1) is 5.69 Å². The van der Waals surface area contributed by atoms with Gasteiger partial charge in [0.15, 0.2) is 0 Å². The number of amides is 1. The fourth-order valence-corrected chi connectivity index (χ4v) is 6.46. The van der Waals surface area contributed by atoms with Crippen LogP contribution in [-0.2, 0) is 10.0 Å². The van der Waals surface area contributed by atoms with E-state index in [-0.39, 0.29) is 5.91 Å². The molecule has 7 heteroatoms. The van der Waals surface area contributed by atoms with Crippen molar-refractivity contribution >= 4 is 21.6 Å². The number of likely N-dealkylation sites (tertiary alicyclic amines) is 1. The third-order valence-corrected chi connectivity index (χ3v) is 8.52. The van der Waals surface area contributed by atoms with E-state index < -0.39 is 10.0 Å². The Morgan fingerprint density at radius 2 is 1.43 bits per heavy atom. The van der Waals surface area contributed by atoms with E-state index in [0.29, 0.717) is 36.6 Å². The molecule has 3 aliphatic rings. The second kappa shape index (κ2) is 9.10. The average Bonchev–Trinajstić information content (AvgIpc) is 2.80. The number of carbonyl (C=O) groups is 1. The van der Waals surface area contributed by atoms with Gasteiger partial charge in [-0.2, -0.15) is 4.31 Å². The summed E-state index contributed by atoms with van der Waals surface area (Å²) >= 11 is 0. The highest BCUT2D eigenvalue weighted by atomic mass is 32.2. The number of benzene rings is 1. The number of hydrogen-bond donors (Lipinski definition) is 0. The molecule has 0 aliphatic carbocycles. The summed E-state index contributed by atoms with van der Waals surface area (Å²) in [5, 5.41) is 0. The lowest BCUT2D eigenvalue weighted by Gasteiger charge is -2.33. The Hall–Kier alpha value is -1.86. The largest absolute Gasteiger partial charge is 0.370 e. The smallest absolute Gasteiger partial charge is 0.253 e. The number of rotatable bonds is 4. The third-order valence-electron chi connectivity index (χ3n) is 6.59. The maximum atomic E-state index is 13.6. The lowest BCUT2D eigenvalue weighted by atomic mass is 10.0. The van der Waals surface area contributed by atoms with Gasteiger partial charge >= 0.3 is 0 Å². The fourth-order valence-electron chi connectivity index (χ4n) is 4.70. The van der Waals surface area contributed by atoms with Gasteiger partial charge in [-0.25, -0.2) is 8.42 Å². The minimum atomic E-state index is -3.63. The lowest BCUT2D eigenvalue weighted by molar-refractivity contribution is 0.0743. The maximum Gasteiger partial charge on any atom is 0.253 e. The van der Waals surface area contributed by atoms with E-state index in [0.717, 1.165) is 63.7 Å². The molecule has 0 unspecified atom stereocenters. The number of piperidine rings is 3. The van der Waals surface area contributed by atoms with Crippen LogP contribution in [0.25, 0.3) is 0 Å². The van der Waals surface area contributed by atoms with Gasteiger partial charge in [0.2, 0.25) is 10.0 Å². The van der Waals surface area contributed by atoms with E-state index in [9.17, 15) is 13.2 Å². The van der Waals surface area contributed by atoms with Gasteiger partial charge in [-0.3, -0.25) is 4.79 Å². The second-order valence-electron chi connectivity index (χ2n) is 8.74. The van der Waals surface area contributed by atoms with Crippen molar-refractivity contribution in [3.8, 4) is 0 Å². The molecule has 6 nitrogen and oxygen atoms in total. The standard InChI is InChI=1S/C23H33N3O3S/c1-19-10-16-25(17-11-19)23(27)20-8-9-21(24-12-4-2-5-13-24)22(18-20)30(28,29)26-14-6-3-7-15-26/h8-9,18H,1-7,10-17H2. The van der Waals surface area contributed by atoms with E-state index in [1.807, 2.05) is 17.0 Å². The topological polar surface area (TPSA) is 60.9 Å². The molecule has 0 bridgehead atoms. The molecule has 164 valence electrons. The molecule has 4 rings (SSSR count). The number of anilines is 1. The van der Waals surface area contributed by atoms with Crippen LogP contribution in [0.5, 0.6) is 0 Å². The van der Waals surface area contributed by atoms with Crippen molar-refractivity contribution < 1.29 is 13.2 Å². The fraction of sp³-hybridized carbons (Fsp3) is 0.609. The summed E-state index contributed by atoms with van der Waals surface area (Å²) in [5.41, 5.74) is 2.40. The van der Waals surface area contributed by atoms with Crippen molar-refractivity contribution in [2.45, 2.75) is 56.3 Å². The van der Waals surface area contributed by atoms with Crippen molar-refractivity contribution in [2.24, 2.45) is 0 Å². The van der Waals surface area contributed by atoms with E-state index in [1.165, 1.54) is 12.0 Å². The Balaban J connectivity index is 1.69. The Morgan fingerprint density at radius 1 is 0.833 bits per heavy atom. The lowest BCUT2D eigenvalue weighted by Crippen LogP contribution is -2.38. The summed E-state index contributed by atoms with van der Waals surface area (Å²) in [6.45, 7) is 8.18. The molecule has 3 heterocycles. The molecule has 0 spiro atoms. The van der Waals surface area contributed by atoms with Gasteiger partial charge in [-0.15, -0.1) is 0 Å². The molecule has 0 radical (unpaired) electrons. The molecule has 1 amide bonds. The third kappa shape index (κ3) is 4.42. The van der Waals surface area contributed by atoms with E-state index in [2.05, 4.69) is 11.5 Å². The van der Waals surface area contributed by atoms with Crippen LogP contribution in [0.15, 0.2) is 35.2 Å². The molecule has 0 N–H and O–H groups in total. The van der Waals surface area contributed by atoms with Gasteiger partial charge in [0.25, 0.3) is 5.91 Å². The van der Waals surface area contributed by atoms with E-state index in [4.69, 9.17) is 0 Å². The SMILES string of the molecule is C=C1CCN(C(=O)c2ccc(N3CCCCC3)c(S(=O)(=O)N3CCCCC3)c2)CC1. The molecular formula is C23H33N3O3S.